The van der Waals surface area contributed by atoms with Crippen LogP contribution >= 0.6 is 0 Å². The van der Waals surface area contributed by atoms with Crippen molar-refractivity contribution in [2.24, 2.45) is 12.5 Å². The van der Waals surface area contributed by atoms with Gasteiger partial charge in [0.05, 0.1) is 5.52 Å². The van der Waals surface area contributed by atoms with E-state index in [0.717, 1.165) is 70.7 Å². The Balaban J connectivity index is 1.41. The quantitative estimate of drug-likeness (QED) is 0.190. The summed E-state index contributed by atoms with van der Waals surface area (Å²) in [4.78, 5) is 25.2. The van der Waals surface area contributed by atoms with E-state index in [1.807, 2.05) is 31.4 Å². The van der Waals surface area contributed by atoms with Gasteiger partial charge < -0.3 is 4.74 Å². The van der Waals surface area contributed by atoms with E-state index in [4.69, 9.17) is 4.74 Å². The Morgan fingerprint density at radius 1 is 1.04 bits per heavy atom. The predicted octanol–water partition coefficient (Wildman–Crippen LogP) is 6.52. The second-order valence-corrected chi connectivity index (χ2v) is 13.0. The number of fused-ring (bicyclic) bond motifs is 2. The van der Waals surface area contributed by atoms with Gasteiger partial charge in [-0.2, -0.15) is 0 Å². The topological polar surface area (TPSA) is 86.0 Å². The number of ether oxygens (including phenoxy) is 1. The van der Waals surface area contributed by atoms with Gasteiger partial charge in [-0.3, -0.25) is 19.7 Å². The highest BCUT2D eigenvalue weighted by Gasteiger charge is 2.40. The van der Waals surface area contributed by atoms with E-state index < -0.39 is 5.41 Å². The molecule has 0 saturated carbocycles. The second kappa shape index (κ2) is 12.5. The Morgan fingerprint density at radius 2 is 1.82 bits per heavy atom. The molecule has 0 aliphatic carbocycles. The Morgan fingerprint density at radius 3 is 2.60 bits per heavy atom. The Bertz CT molecular complexity index is 1830. The van der Waals surface area contributed by atoms with Crippen LogP contribution in [0.4, 0.5) is 0 Å². The number of Topliss-reactive ketones (excluding diaryl/α,β-unsaturated/α-hetero) is 1. The summed E-state index contributed by atoms with van der Waals surface area (Å²) < 4.78 is 8.16. The number of ketones is 1. The fourth-order valence-electron chi connectivity index (χ4n) is 6.69. The SMILES string of the molecule is CC[C@@H]1CN(Cc2cc([C@@H](c3ccc4c(nnn4C)c3C)C(C)(C)C(=O)Cc3ccncc3)ccc2C)Cc2cnccc2O1. The number of rotatable bonds is 9. The molecule has 2 aromatic carbocycles. The number of hydrogen-bond acceptors (Lipinski definition) is 7. The summed E-state index contributed by atoms with van der Waals surface area (Å²) in [5.41, 5.74) is 8.94. The van der Waals surface area contributed by atoms with Gasteiger partial charge in [0.25, 0.3) is 0 Å². The smallest absolute Gasteiger partial charge is 0.143 e. The predicted molar refractivity (Wildman–Crippen MR) is 176 cm³/mol. The minimum absolute atomic E-state index is 0.107. The van der Waals surface area contributed by atoms with Crippen LogP contribution in [0.5, 0.6) is 5.75 Å². The second-order valence-electron chi connectivity index (χ2n) is 13.0. The number of carbonyl (C=O) groups is 1. The minimum Gasteiger partial charge on any atom is -0.489 e. The maximum absolute atomic E-state index is 14.2. The molecule has 0 saturated heterocycles. The van der Waals surface area contributed by atoms with Crippen molar-refractivity contribution in [1.29, 1.82) is 0 Å². The van der Waals surface area contributed by atoms with E-state index >= 15 is 0 Å². The third-order valence-electron chi connectivity index (χ3n) is 9.51. The van der Waals surface area contributed by atoms with Gasteiger partial charge in [-0.1, -0.05) is 50.3 Å². The zero-order valence-electron chi connectivity index (χ0n) is 27.1. The summed E-state index contributed by atoms with van der Waals surface area (Å²) in [6, 6.07) is 16.8. The number of aryl methyl sites for hydroxylation is 3. The number of pyridine rings is 2. The van der Waals surface area contributed by atoms with Crippen LogP contribution in [0.3, 0.4) is 0 Å². The Hall–Kier alpha value is -4.43. The molecule has 1 aliphatic heterocycles. The molecule has 0 unspecified atom stereocenters. The molecule has 3 aromatic heterocycles. The van der Waals surface area contributed by atoms with Gasteiger partial charge in [-0.05, 0) is 77.9 Å². The third-order valence-corrected chi connectivity index (χ3v) is 9.51. The van der Waals surface area contributed by atoms with Gasteiger partial charge in [-0.25, -0.2) is 4.68 Å². The molecular formula is C37H42N6O2. The lowest BCUT2D eigenvalue weighted by Gasteiger charge is -2.36. The molecule has 0 N–H and O–H groups in total. The maximum atomic E-state index is 14.2. The van der Waals surface area contributed by atoms with Crippen LogP contribution in [0.2, 0.25) is 0 Å². The van der Waals surface area contributed by atoms with Crippen LogP contribution in [0.25, 0.3) is 11.0 Å². The van der Waals surface area contributed by atoms with E-state index in [9.17, 15) is 4.79 Å². The Labute approximate surface area is 265 Å². The molecule has 4 heterocycles. The van der Waals surface area contributed by atoms with E-state index in [2.05, 4.69) is 90.1 Å². The average Bonchev–Trinajstić information content (AvgIpc) is 3.31. The summed E-state index contributed by atoms with van der Waals surface area (Å²) >= 11 is 0. The van der Waals surface area contributed by atoms with Gasteiger partial charge in [0, 0.05) is 74.8 Å². The molecule has 45 heavy (non-hydrogen) atoms. The number of benzene rings is 2. The van der Waals surface area contributed by atoms with Gasteiger partial charge in [0.15, 0.2) is 0 Å². The summed E-state index contributed by atoms with van der Waals surface area (Å²) in [7, 11) is 1.91. The van der Waals surface area contributed by atoms with Crippen molar-refractivity contribution in [3.63, 3.8) is 0 Å². The summed E-state index contributed by atoms with van der Waals surface area (Å²) in [6.07, 6.45) is 8.59. The number of nitrogens with zero attached hydrogens (tertiary/aromatic N) is 6. The molecular weight excluding hydrogens is 560 g/mol. The van der Waals surface area contributed by atoms with Gasteiger partial charge in [0.1, 0.15) is 23.2 Å². The van der Waals surface area contributed by atoms with Crippen molar-refractivity contribution in [2.45, 2.75) is 72.6 Å². The highest BCUT2D eigenvalue weighted by atomic mass is 16.5. The lowest BCUT2D eigenvalue weighted by molar-refractivity contribution is -0.127. The van der Waals surface area contributed by atoms with Crippen molar-refractivity contribution in [3.8, 4) is 5.75 Å². The fourth-order valence-corrected chi connectivity index (χ4v) is 6.69. The molecule has 0 spiro atoms. The molecule has 6 rings (SSSR count). The van der Waals surface area contributed by atoms with Crippen molar-refractivity contribution in [3.05, 3.63) is 112 Å². The summed E-state index contributed by atoms with van der Waals surface area (Å²) in [5.74, 6) is 0.909. The Kier molecular flexibility index (Phi) is 8.51. The molecule has 0 fully saturated rings. The summed E-state index contributed by atoms with van der Waals surface area (Å²) in [5, 5.41) is 8.78. The minimum atomic E-state index is -0.717. The average molecular weight is 603 g/mol. The lowest BCUT2D eigenvalue weighted by atomic mass is 9.66. The van der Waals surface area contributed by atoms with Gasteiger partial charge in [0.2, 0.25) is 0 Å². The van der Waals surface area contributed by atoms with Crippen LogP contribution in [0, 0.1) is 19.3 Å². The largest absolute Gasteiger partial charge is 0.489 e. The van der Waals surface area contributed by atoms with E-state index in [0.29, 0.717) is 6.42 Å². The molecule has 0 radical (unpaired) electrons. The van der Waals surface area contributed by atoms with Gasteiger partial charge >= 0.3 is 0 Å². The van der Waals surface area contributed by atoms with Crippen LogP contribution in [-0.2, 0) is 31.4 Å². The number of aromatic nitrogens is 5. The molecule has 232 valence electrons. The highest BCUT2D eigenvalue weighted by Crippen LogP contribution is 2.45. The van der Waals surface area contributed by atoms with Crippen molar-refractivity contribution in [1.82, 2.24) is 29.9 Å². The lowest BCUT2D eigenvalue weighted by Crippen LogP contribution is -2.34. The zero-order chi connectivity index (χ0) is 31.7. The maximum Gasteiger partial charge on any atom is 0.143 e. The van der Waals surface area contributed by atoms with Crippen LogP contribution in [-0.4, -0.2) is 48.3 Å². The fraction of sp³-hybridized carbons (Fsp3) is 0.378. The first-order chi connectivity index (χ1) is 21.7. The standard InChI is InChI=1S/C37H42N6O2/c1-7-30-23-43(22-29-20-39-17-14-33(29)45-30)21-28-19-27(9-8-24(28)2)35(31-10-11-32-36(25(31)3)40-41-42(32)6)37(4,5)34(44)18-26-12-15-38-16-13-26/h8-17,19-20,30,35H,7,18,21-23H2,1-6H3/t30-,35+/m1/s1. The normalized spacial score (nSPS) is 16.2. The number of carbonyl (C=O) groups excluding carboxylic acids is 1. The monoisotopic (exact) mass is 602 g/mol. The molecule has 1 aliphatic rings. The van der Waals surface area contributed by atoms with E-state index in [1.54, 1.807) is 23.3 Å². The summed E-state index contributed by atoms with van der Waals surface area (Å²) in [6.45, 7) is 13.0. The van der Waals surface area contributed by atoms with E-state index in [-0.39, 0.29) is 17.8 Å². The highest BCUT2D eigenvalue weighted by molar-refractivity contribution is 5.88. The first-order valence-corrected chi connectivity index (χ1v) is 15.8. The first-order valence-electron chi connectivity index (χ1n) is 15.8. The van der Waals surface area contributed by atoms with Crippen molar-refractivity contribution in [2.75, 3.05) is 6.54 Å². The first kappa shape index (κ1) is 30.6. The van der Waals surface area contributed by atoms with Crippen molar-refractivity contribution < 1.29 is 9.53 Å². The van der Waals surface area contributed by atoms with Crippen LogP contribution in [0.1, 0.15) is 72.1 Å². The molecule has 0 amide bonds. The van der Waals surface area contributed by atoms with Crippen LogP contribution < -0.4 is 4.74 Å². The van der Waals surface area contributed by atoms with Crippen molar-refractivity contribution >= 4 is 16.8 Å². The van der Waals surface area contributed by atoms with Gasteiger partial charge in [-0.15, -0.1) is 5.10 Å². The number of hydrogen-bond donors (Lipinski definition) is 0. The molecule has 8 nitrogen and oxygen atoms in total. The third kappa shape index (κ3) is 6.12. The van der Waals surface area contributed by atoms with E-state index in [1.165, 1.54) is 11.1 Å². The van der Waals surface area contributed by atoms with Crippen LogP contribution in [0.15, 0.2) is 73.3 Å². The molecule has 5 aromatic rings. The molecule has 0 bridgehead atoms. The molecule has 2 atom stereocenters. The zero-order valence-corrected chi connectivity index (χ0v) is 27.1. The molecule has 8 heteroatoms.